The highest BCUT2D eigenvalue weighted by Gasteiger charge is 2.09. The molecule has 1 aromatic rings. The van der Waals surface area contributed by atoms with Crippen molar-refractivity contribution in [2.75, 3.05) is 32.7 Å². The highest BCUT2D eigenvalue weighted by molar-refractivity contribution is 5.46. The molecule has 0 aromatic heterocycles. The monoisotopic (exact) mass is 236 g/mol. The van der Waals surface area contributed by atoms with Crippen molar-refractivity contribution in [1.82, 2.24) is 5.32 Å². The number of nitrogens with zero attached hydrogens (tertiary/aromatic N) is 1. The number of nitrogens with one attached hydrogen (secondary N) is 1. The first kappa shape index (κ1) is 14.0. The summed E-state index contributed by atoms with van der Waals surface area (Å²) < 4.78 is 5.12. The largest absolute Gasteiger partial charge is 0.383 e. The molecule has 0 saturated carbocycles. The second-order valence-electron chi connectivity index (χ2n) is 4.73. The van der Waals surface area contributed by atoms with Gasteiger partial charge in [0.05, 0.1) is 6.61 Å². The van der Waals surface area contributed by atoms with Gasteiger partial charge in [-0.25, -0.2) is 0 Å². The Hall–Kier alpha value is -1.06. The van der Waals surface area contributed by atoms with Crippen LogP contribution in [0.15, 0.2) is 24.3 Å². The van der Waals surface area contributed by atoms with E-state index in [1.54, 1.807) is 7.11 Å². The van der Waals surface area contributed by atoms with E-state index in [2.05, 4.69) is 62.4 Å². The van der Waals surface area contributed by atoms with Gasteiger partial charge in [0.2, 0.25) is 0 Å². The van der Waals surface area contributed by atoms with Gasteiger partial charge in [0, 0.05) is 39.0 Å². The SMILES string of the molecule is COCC(C)NC(C)c1ccc(N(C)C)cc1. The van der Waals surface area contributed by atoms with Crippen molar-refractivity contribution in [3.63, 3.8) is 0 Å². The van der Waals surface area contributed by atoms with Crippen LogP contribution in [0.3, 0.4) is 0 Å². The summed E-state index contributed by atoms with van der Waals surface area (Å²) in [5.41, 5.74) is 2.53. The molecule has 0 radical (unpaired) electrons. The summed E-state index contributed by atoms with van der Waals surface area (Å²) in [6.45, 7) is 5.05. The minimum absolute atomic E-state index is 0.344. The molecule has 0 saturated heterocycles. The molecule has 96 valence electrons. The van der Waals surface area contributed by atoms with Crippen LogP contribution in [0.25, 0.3) is 0 Å². The van der Waals surface area contributed by atoms with Gasteiger partial charge in [0.1, 0.15) is 0 Å². The van der Waals surface area contributed by atoms with Gasteiger partial charge in [-0.15, -0.1) is 0 Å². The van der Waals surface area contributed by atoms with E-state index in [1.165, 1.54) is 11.3 Å². The molecule has 3 nitrogen and oxygen atoms in total. The Bertz CT molecular complexity index is 321. The minimum Gasteiger partial charge on any atom is -0.383 e. The summed E-state index contributed by atoms with van der Waals surface area (Å²) in [5.74, 6) is 0. The molecule has 1 aromatic carbocycles. The zero-order valence-electron chi connectivity index (χ0n) is 11.5. The smallest absolute Gasteiger partial charge is 0.0613 e. The number of rotatable bonds is 6. The van der Waals surface area contributed by atoms with Crippen molar-refractivity contribution < 1.29 is 4.74 Å². The fourth-order valence-electron chi connectivity index (χ4n) is 1.88. The van der Waals surface area contributed by atoms with Crippen LogP contribution >= 0.6 is 0 Å². The van der Waals surface area contributed by atoms with Gasteiger partial charge in [-0.1, -0.05) is 12.1 Å². The van der Waals surface area contributed by atoms with Gasteiger partial charge in [0.15, 0.2) is 0 Å². The van der Waals surface area contributed by atoms with Gasteiger partial charge >= 0.3 is 0 Å². The second-order valence-corrected chi connectivity index (χ2v) is 4.73. The summed E-state index contributed by atoms with van der Waals surface area (Å²) in [6, 6.07) is 9.35. The number of benzene rings is 1. The maximum absolute atomic E-state index is 5.12. The number of hydrogen-bond acceptors (Lipinski definition) is 3. The third-order valence-electron chi connectivity index (χ3n) is 2.86. The molecule has 0 heterocycles. The van der Waals surface area contributed by atoms with Crippen molar-refractivity contribution in [3.05, 3.63) is 29.8 Å². The topological polar surface area (TPSA) is 24.5 Å². The zero-order valence-corrected chi connectivity index (χ0v) is 11.5. The number of ether oxygens (including phenoxy) is 1. The van der Waals surface area contributed by atoms with E-state index < -0.39 is 0 Å². The van der Waals surface area contributed by atoms with Crippen LogP contribution in [0, 0.1) is 0 Å². The molecule has 2 atom stereocenters. The lowest BCUT2D eigenvalue weighted by atomic mass is 10.1. The lowest BCUT2D eigenvalue weighted by Gasteiger charge is -2.20. The number of methoxy groups -OCH3 is 1. The third kappa shape index (κ3) is 4.36. The van der Waals surface area contributed by atoms with Crippen LogP contribution < -0.4 is 10.2 Å². The lowest BCUT2D eigenvalue weighted by Crippen LogP contribution is -2.32. The summed E-state index contributed by atoms with van der Waals surface area (Å²) in [7, 11) is 5.84. The average Bonchev–Trinajstić information content (AvgIpc) is 2.29. The quantitative estimate of drug-likeness (QED) is 0.821. The Labute approximate surface area is 105 Å². The average molecular weight is 236 g/mol. The van der Waals surface area contributed by atoms with E-state index in [-0.39, 0.29) is 0 Å². The molecular weight excluding hydrogens is 212 g/mol. The molecule has 0 aliphatic carbocycles. The second kappa shape index (κ2) is 6.62. The van der Waals surface area contributed by atoms with Crippen LogP contribution in [-0.4, -0.2) is 33.9 Å². The first-order valence-corrected chi connectivity index (χ1v) is 6.07. The minimum atomic E-state index is 0.344. The molecule has 0 spiro atoms. The van der Waals surface area contributed by atoms with E-state index in [0.717, 1.165) is 6.61 Å². The molecule has 0 aliphatic rings. The molecule has 0 fully saturated rings. The molecule has 0 bridgehead atoms. The van der Waals surface area contributed by atoms with E-state index in [1.807, 2.05) is 0 Å². The molecular formula is C14H24N2O. The van der Waals surface area contributed by atoms with Crippen molar-refractivity contribution in [2.24, 2.45) is 0 Å². The van der Waals surface area contributed by atoms with Crippen LogP contribution in [0.1, 0.15) is 25.5 Å². The van der Waals surface area contributed by atoms with E-state index in [0.29, 0.717) is 12.1 Å². The van der Waals surface area contributed by atoms with Gasteiger partial charge in [-0.3, -0.25) is 0 Å². The fourth-order valence-corrected chi connectivity index (χ4v) is 1.88. The first-order chi connectivity index (χ1) is 8.04. The van der Waals surface area contributed by atoms with E-state index in [9.17, 15) is 0 Å². The predicted octanol–water partition coefficient (Wildman–Crippen LogP) is 2.44. The van der Waals surface area contributed by atoms with E-state index >= 15 is 0 Å². The summed E-state index contributed by atoms with van der Waals surface area (Å²) in [5, 5.41) is 3.51. The Morgan fingerprint density at radius 3 is 2.24 bits per heavy atom. The molecule has 0 amide bonds. The van der Waals surface area contributed by atoms with Gasteiger partial charge in [-0.05, 0) is 31.5 Å². The normalized spacial score (nSPS) is 14.4. The Morgan fingerprint density at radius 1 is 1.18 bits per heavy atom. The van der Waals surface area contributed by atoms with Crippen molar-refractivity contribution >= 4 is 5.69 Å². The van der Waals surface area contributed by atoms with Crippen LogP contribution in [0.4, 0.5) is 5.69 Å². The van der Waals surface area contributed by atoms with Crippen LogP contribution in [-0.2, 0) is 4.74 Å². The summed E-state index contributed by atoms with van der Waals surface area (Å²) >= 11 is 0. The van der Waals surface area contributed by atoms with Gasteiger partial charge < -0.3 is 15.0 Å². The standard InChI is InChI=1S/C14H24N2O/c1-11(10-17-5)15-12(2)13-6-8-14(9-7-13)16(3)4/h6-9,11-12,15H,10H2,1-5H3. The Balaban J connectivity index is 2.60. The zero-order chi connectivity index (χ0) is 12.8. The highest BCUT2D eigenvalue weighted by Crippen LogP contribution is 2.17. The number of anilines is 1. The predicted molar refractivity (Wildman–Crippen MR) is 73.7 cm³/mol. The maximum atomic E-state index is 5.12. The maximum Gasteiger partial charge on any atom is 0.0613 e. The van der Waals surface area contributed by atoms with E-state index in [4.69, 9.17) is 4.74 Å². The summed E-state index contributed by atoms with van der Waals surface area (Å²) in [6.07, 6.45) is 0. The van der Waals surface area contributed by atoms with Crippen molar-refractivity contribution in [1.29, 1.82) is 0 Å². The van der Waals surface area contributed by atoms with Crippen molar-refractivity contribution in [2.45, 2.75) is 25.9 Å². The molecule has 2 unspecified atom stereocenters. The van der Waals surface area contributed by atoms with Crippen LogP contribution in [0.5, 0.6) is 0 Å². The lowest BCUT2D eigenvalue weighted by molar-refractivity contribution is 0.168. The van der Waals surface area contributed by atoms with Crippen LogP contribution in [0.2, 0.25) is 0 Å². The summed E-state index contributed by atoms with van der Waals surface area (Å²) in [4.78, 5) is 2.11. The first-order valence-electron chi connectivity index (χ1n) is 6.07. The third-order valence-corrected chi connectivity index (χ3v) is 2.86. The number of hydrogen-bond donors (Lipinski definition) is 1. The Morgan fingerprint density at radius 2 is 1.76 bits per heavy atom. The molecule has 17 heavy (non-hydrogen) atoms. The Kier molecular flexibility index (Phi) is 5.45. The van der Waals surface area contributed by atoms with Gasteiger partial charge in [0.25, 0.3) is 0 Å². The highest BCUT2D eigenvalue weighted by atomic mass is 16.5. The molecule has 0 aliphatic heterocycles. The molecule has 1 rings (SSSR count). The van der Waals surface area contributed by atoms with Gasteiger partial charge in [-0.2, -0.15) is 0 Å². The molecule has 1 N–H and O–H groups in total. The van der Waals surface area contributed by atoms with Crippen molar-refractivity contribution in [3.8, 4) is 0 Å². The fraction of sp³-hybridized carbons (Fsp3) is 0.571. The molecule has 3 heteroatoms.